The van der Waals surface area contributed by atoms with Crippen LogP contribution in [0.15, 0.2) is 81.1 Å². The molecule has 4 aromatic rings. The summed E-state index contributed by atoms with van der Waals surface area (Å²) in [6, 6.07) is 19.1. The van der Waals surface area contributed by atoms with Crippen LogP contribution >= 0.6 is 0 Å². The van der Waals surface area contributed by atoms with Crippen LogP contribution in [0.25, 0.3) is 11.5 Å². The molecule has 0 atom stereocenters. The smallest absolute Gasteiger partial charge is 0.234 e. The predicted molar refractivity (Wildman–Crippen MR) is 125 cm³/mol. The third-order valence-corrected chi connectivity index (χ3v) is 7.25. The van der Waals surface area contributed by atoms with Crippen LogP contribution in [0, 0.1) is 0 Å². The first-order valence-corrected chi connectivity index (χ1v) is 12.4. The average molecular weight is 493 g/mol. The Kier molecular flexibility index (Phi) is 5.22. The number of fused-ring (bicyclic) bond motifs is 2. The normalized spacial score (nSPS) is 14.1. The topological polar surface area (TPSA) is 109 Å². The molecule has 10 heteroatoms. The van der Waals surface area contributed by atoms with Gasteiger partial charge in [-0.1, -0.05) is 24.3 Å². The van der Waals surface area contributed by atoms with Gasteiger partial charge in [-0.2, -0.15) is 4.98 Å². The van der Waals surface area contributed by atoms with Crippen LogP contribution in [-0.2, 0) is 16.4 Å². The second-order valence-electron chi connectivity index (χ2n) is 7.87. The van der Waals surface area contributed by atoms with Crippen LogP contribution in [0.5, 0.6) is 23.0 Å². The Bertz CT molecular complexity index is 1500. The summed E-state index contributed by atoms with van der Waals surface area (Å²) < 4.78 is 55.1. The molecule has 2 aliphatic rings. The molecule has 9 nitrogen and oxygen atoms in total. The molecule has 0 bridgehead atoms. The summed E-state index contributed by atoms with van der Waals surface area (Å²) in [4.78, 5) is 4.41. The van der Waals surface area contributed by atoms with Gasteiger partial charge in [-0.3, -0.25) is 0 Å². The van der Waals surface area contributed by atoms with E-state index in [0.29, 0.717) is 41.8 Å². The Morgan fingerprint density at radius 3 is 2.37 bits per heavy atom. The molecule has 0 spiro atoms. The first-order valence-electron chi connectivity index (χ1n) is 10.9. The minimum Gasteiger partial charge on any atom is -0.486 e. The Balaban J connectivity index is 1.37. The van der Waals surface area contributed by atoms with E-state index in [4.69, 9.17) is 23.4 Å². The van der Waals surface area contributed by atoms with Crippen LogP contribution < -0.4 is 24.3 Å². The quantitative estimate of drug-likeness (QED) is 0.422. The van der Waals surface area contributed by atoms with Crippen molar-refractivity contribution in [3.8, 4) is 34.5 Å². The van der Waals surface area contributed by atoms with Gasteiger partial charge >= 0.3 is 0 Å². The van der Waals surface area contributed by atoms with E-state index < -0.39 is 9.84 Å². The van der Waals surface area contributed by atoms with E-state index in [2.05, 4.69) is 10.3 Å². The lowest BCUT2D eigenvalue weighted by molar-refractivity contribution is 0.171. The fourth-order valence-corrected chi connectivity index (χ4v) is 5.13. The standard InChI is InChI=1S/C25H20N2O7S/c28-35(29,18-7-9-19-22(13-18)31-11-10-30-19)25-24(34-23(27-25)17-4-2-1-3-5-17)26-14-16-6-8-20-21(12-16)33-15-32-20/h1-9,12-13,26H,10-11,14-15H2. The summed E-state index contributed by atoms with van der Waals surface area (Å²) >= 11 is 0. The Morgan fingerprint density at radius 2 is 1.51 bits per heavy atom. The van der Waals surface area contributed by atoms with Crippen molar-refractivity contribution in [3.05, 3.63) is 72.3 Å². The molecule has 0 saturated heterocycles. The summed E-state index contributed by atoms with van der Waals surface area (Å²) in [5.74, 6) is 2.41. The molecule has 3 aromatic carbocycles. The van der Waals surface area contributed by atoms with E-state index in [1.54, 1.807) is 18.2 Å². The molecule has 0 amide bonds. The average Bonchev–Trinajstić information content (AvgIpc) is 3.55. The molecule has 0 unspecified atom stereocenters. The number of benzene rings is 3. The minimum absolute atomic E-state index is 0.0285. The maximum absolute atomic E-state index is 13.7. The SMILES string of the molecule is O=S(=O)(c1ccc2c(c1)OCCO2)c1nc(-c2ccccc2)oc1NCc1ccc2c(c1)OCO2. The fourth-order valence-electron chi connectivity index (χ4n) is 3.84. The number of hydrogen-bond acceptors (Lipinski definition) is 9. The number of anilines is 1. The van der Waals surface area contributed by atoms with Gasteiger partial charge in [0.2, 0.25) is 33.4 Å². The van der Waals surface area contributed by atoms with E-state index in [0.717, 1.165) is 5.56 Å². The van der Waals surface area contributed by atoms with Gasteiger partial charge in [0.25, 0.3) is 0 Å². The van der Waals surface area contributed by atoms with Crippen molar-refractivity contribution in [2.24, 2.45) is 0 Å². The second kappa shape index (κ2) is 8.55. The highest BCUT2D eigenvalue weighted by molar-refractivity contribution is 7.91. The Labute approximate surface area is 201 Å². The first kappa shape index (κ1) is 21.4. The number of hydrogen-bond donors (Lipinski definition) is 1. The predicted octanol–water partition coefficient (Wildman–Crippen LogP) is 4.29. The number of nitrogens with zero attached hydrogens (tertiary/aromatic N) is 1. The molecular weight excluding hydrogens is 472 g/mol. The molecule has 0 fully saturated rings. The summed E-state index contributed by atoms with van der Waals surface area (Å²) in [6.07, 6.45) is 0. The van der Waals surface area contributed by atoms with Gasteiger partial charge in [0.15, 0.2) is 23.0 Å². The highest BCUT2D eigenvalue weighted by Crippen LogP contribution is 2.38. The lowest BCUT2D eigenvalue weighted by atomic mass is 10.2. The lowest BCUT2D eigenvalue weighted by Gasteiger charge is -2.18. The number of oxazole rings is 1. The lowest BCUT2D eigenvalue weighted by Crippen LogP contribution is -2.16. The van der Waals surface area contributed by atoms with E-state index in [-0.39, 0.29) is 35.0 Å². The van der Waals surface area contributed by atoms with Gasteiger partial charge < -0.3 is 28.7 Å². The number of rotatable bonds is 6. The third kappa shape index (κ3) is 4.01. The van der Waals surface area contributed by atoms with Gasteiger partial charge in [-0.25, -0.2) is 8.42 Å². The fraction of sp³-hybridized carbons (Fsp3) is 0.160. The monoisotopic (exact) mass is 492 g/mol. The van der Waals surface area contributed by atoms with Crippen molar-refractivity contribution in [2.75, 3.05) is 25.3 Å². The van der Waals surface area contributed by atoms with Crippen molar-refractivity contribution in [1.29, 1.82) is 0 Å². The summed E-state index contributed by atoms with van der Waals surface area (Å²) in [5, 5.41) is 2.87. The highest BCUT2D eigenvalue weighted by Gasteiger charge is 2.30. The molecule has 0 radical (unpaired) electrons. The van der Waals surface area contributed by atoms with Crippen molar-refractivity contribution in [2.45, 2.75) is 16.5 Å². The summed E-state index contributed by atoms with van der Waals surface area (Å²) in [6.45, 7) is 1.22. The molecule has 3 heterocycles. The Hall–Kier alpha value is -4.18. The van der Waals surface area contributed by atoms with E-state index >= 15 is 0 Å². The van der Waals surface area contributed by atoms with Crippen LogP contribution in [0.3, 0.4) is 0 Å². The van der Waals surface area contributed by atoms with Crippen LogP contribution in [-0.4, -0.2) is 33.4 Å². The van der Waals surface area contributed by atoms with E-state index in [1.165, 1.54) is 12.1 Å². The van der Waals surface area contributed by atoms with Crippen molar-refractivity contribution < 1.29 is 31.8 Å². The van der Waals surface area contributed by atoms with Crippen molar-refractivity contribution >= 4 is 15.7 Å². The van der Waals surface area contributed by atoms with Gasteiger partial charge in [-0.05, 0) is 42.0 Å². The summed E-state index contributed by atoms with van der Waals surface area (Å²) in [5.41, 5.74) is 1.51. The molecule has 1 aromatic heterocycles. The zero-order valence-electron chi connectivity index (χ0n) is 18.4. The molecule has 2 aliphatic heterocycles. The van der Waals surface area contributed by atoms with Gasteiger partial charge in [-0.15, -0.1) is 0 Å². The highest BCUT2D eigenvalue weighted by atomic mass is 32.2. The van der Waals surface area contributed by atoms with E-state index in [1.807, 2.05) is 36.4 Å². The largest absolute Gasteiger partial charge is 0.486 e. The Morgan fingerprint density at radius 1 is 0.800 bits per heavy atom. The molecule has 35 heavy (non-hydrogen) atoms. The maximum Gasteiger partial charge on any atom is 0.234 e. The number of aromatic nitrogens is 1. The first-order chi connectivity index (χ1) is 17.1. The van der Waals surface area contributed by atoms with Gasteiger partial charge in [0.05, 0.1) is 4.90 Å². The van der Waals surface area contributed by atoms with Crippen LogP contribution in [0.2, 0.25) is 0 Å². The molecule has 0 aliphatic carbocycles. The number of ether oxygens (including phenoxy) is 4. The molecule has 6 rings (SSSR count). The van der Waals surface area contributed by atoms with Gasteiger partial charge in [0.1, 0.15) is 13.2 Å². The number of sulfone groups is 1. The number of nitrogens with one attached hydrogen (secondary N) is 1. The van der Waals surface area contributed by atoms with Gasteiger partial charge in [0, 0.05) is 18.2 Å². The maximum atomic E-state index is 13.7. The van der Waals surface area contributed by atoms with Crippen molar-refractivity contribution in [1.82, 2.24) is 4.98 Å². The molecule has 0 saturated carbocycles. The van der Waals surface area contributed by atoms with Crippen LogP contribution in [0.1, 0.15) is 5.56 Å². The third-order valence-electron chi connectivity index (χ3n) is 5.59. The summed E-state index contributed by atoms with van der Waals surface area (Å²) in [7, 11) is -4.05. The van der Waals surface area contributed by atoms with Crippen LogP contribution in [0.4, 0.5) is 5.88 Å². The molecule has 1 N–H and O–H groups in total. The molecular formula is C25H20N2O7S. The van der Waals surface area contributed by atoms with Crippen molar-refractivity contribution in [3.63, 3.8) is 0 Å². The minimum atomic E-state index is -4.05. The second-order valence-corrected chi connectivity index (χ2v) is 9.73. The zero-order chi connectivity index (χ0) is 23.8. The molecule has 178 valence electrons. The van der Waals surface area contributed by atoms with E-state index in [9.17, 15) is 8.42 Å². The zero-order valence-corrected chi connectivity index (χ0v) is 19.2.